The third-order valence-corrected chi connectivity index (χ3v) is 6.25. The number of fused-ring (bicyclic) bond motifs is 4. The molecule has 4 aromatic rings. The lowest BCUT2D eigenvalue weighted by atomic mass is 9.94. The zero-order valence-electron chi connectivity index (χ0n) is 13.8. The van der Waals surface area contributed by atoms with Crippen LogP contribution in [0.15, 0.2) is 75.7 Å². The highest BCUT2D eigenvalue weighted by Crippen LogP contribution is 2.45. The lowest BCUT2D eigenvalue weighted by Gasteiger charge is -2.13. The first-order chi connectivity index (χ1) is 12.6. The van der Waals surface area contributed by atoms with Gasteiger partial charge in [0.15, 0.2) is 0 Å². The smallest absolute Gasteiger partial charge is 0.116 e. The lowest BCUT2D eigenvalue weighted by Crippen LogP contribution is -1.90. The molecule has 0 atom stereocenters. The SMILES string of the molecule is Oc1ccc2cc(-c3c(Br)ccc4c3Cc3cc(Br)ccc3-4)ccc2c1. The third-order valence-electron chi connectivity index (χ3n) is 5.10. The van der Waals surface area contributed by atoms with Crippen LogP contribution in [0.25, 0.3) is 33.0 Å². The van der Waals surface area contributed by atoms with Crippen LogP contribution in [0.1, 0.15) is 11.1 Å². The Morgan fingerprint density at radius 1 is 0.731 bits per heavy atom. The molecule has 0 fully saturated rings. The van der Waals surface area contributed by atoms with E-state index in [-0.39, 0.29) is 0 Å². The Labute approximate surface area is 168 Å². The molecule has 1 nitrogen and oxygen atoms in total. The van der Waals surface area contributed by atoms with E-state index in [0.29, 0.717) is 5.75 Å². The van der Waals surface area contributed by atoms with Gasteiger partial charge in [-0.1, -0.05) is 62.2 Å². The minimum atomic E-state index is 0.299. The molecule has 0 heterocycles. The molecule has 1 aliphatic rings. The van der Waals surface area contributed by atoms with E-state index in [2.05, 4.69) is 80.4 Å². The molecule has 0 saturated heterocycles. The zero-order chi connectivity index (χ0) is 17.8. The van der Waals surface area contributed by atoms with Crippen molar-refractivity contribution in [1.82, 2.24) is 0 Å². The van der Waals surface area contributed by atoms with Gasteiger partial charge in [0.2, 0.25) is 0 Å². The number of aromatic hydroxyl groups is 1. The van der Waals surface area contributed by atoms with Gasteiger partial charge in [-0.15, -0.1) is 0 Å². The highest BCUT2D eigenvalue weighted by molar-refractivity contribution is 9.10. The van der Waals surface area contributed by atoms with Crippen molar-refractivity contribution in [2.75, 3.05) is 0 Å². The molecular weight excluding hydrogens is 452 g/mol. The molecule has 0 unspecified atom stereocenters. The molecule has 0 bridgehead atoms. The maximum atomic E-state index is 9.70. The highest BCUT2D eigenvalue weighted by Gasteiger charge is 2.23. The van der Waals surface area contributed by atoms with Gasteiger partial charge >= 0.3 is 0 Å². The minimum Gasteiger partial charge on any atom is -0.508 e. The van der Waals surface area contributed by atoms with E-state index in [1.165, 1.54) is 33.4 Å². The van der Waals surface area contributed by atoms with Gasteiger partial charge in [0.25, 0.3) is 0 Å². The van der Waals surface area contributed by atoms with Gasteiger partial charge in [-0.3, -0.25) is 0 Å². The second-order valence-corrected chi connectivity index (χ2v) is 8.44. The summed E-state index contributed by atoms with van der Waals surface area (Å²) in [6.07, 6.45) is 0.937. The summed E-state index contributed by atoms with van der Waals surface area (Å²) in [5, 5.41) is 11.9. The fourth-order valence-corrected chi connectivity index (χ4v) is 4.93. The van der Waals surface area contributed by atoms with Gasteiger partial charge in [-0.05, 0) is 81.4 Å². The fraction of sp³-hybridized carbons (Fsp3) is 0.0435. The Balaban J connectivity index is 1.73. The van der Waals surface area contributed by atoms with Gasteiger partial charge in [0.1, 0.15) is 5.75 Å². The molecule has 0 radical (unpaired) electrons. The van der Waals surface area contributed by atoms with Crippen LogP contribution in [0.5, 0.6) is 5.75 Å². The maximum Gasteiger partial charge on any atom is 0.116 e. The molecule has 4 aromatic carbocycles. The number of halogens is 2. The Morgan fingerprint density at radius 2 is 1.50 bits per heavy atom. The van der Waals surface area contributed by atoms with Crippen LogP contribution < -0.4 is 0 Å². The number of hydrogen-bond acceptors (Lipinski definition) is 1. The van der Waals surface area contributed by atoms with E-state index in [9.17, 15) is 5.11 Å². The Hall–Kier alpha value is -2.10. The molecule has 3 heteroatoms. The van der Waals surface area contributed by atoms with Crippen molar-refractivity contribution in [3.05, 3.63) is 86.8 Å². The first kappa shape index (κ1) is 16.1. The van der Waals surface area contributed by atoms with E-state index in [4.69, 9.17) is 0 Å². The third kappa shape index (κ3) is 2.50. The molecule has 0 amide bonds. The van der Waals surface area contributed by atoms with Crippen LogP contribution >= 0.6 is 31.9 Å². The van der Waals surface area contributed by atoms with Crippen LogP contribution in [0.3, 0.4) is 0 Å². The summed E-state index contributed by atoms with van der Waals surface area (Å²) in [5.41, 5.74) is 7.81. The molecule has 26 heavy (non-hydrogen) atoms. The number of hydrogen-bond donors (Lipinski definition) is 1. The quantitative estimate of drug-likeness (QED) is 0.275. The van der Waals surface area contributed by atoms with E-state index >= 15 is 0 Å². The van der Waals surface area contributed by atoms with E-state index in [1.807, 2.05) is 6.07 Å². The van der Waals surface area contributed by atoms with Gasteiger partial charge in [0.05, 0.1) is 0 Å². The monoisotopic (exact) mass is 464 g/mol. The van der Waals surface area contributed by atoms with Crippen molar-refractivity contribution in [1.29, 1.82) is 0 Å². The number of rotatable bonds is 1. The molecule has 0 saturated carbocycles. The molecule has 0 aromatic heterocycles. The molecule has 0 spiro atoms. The molecule has 126 valence electrons. The average molecular weight is 466 g/mol. The predicted molar refractivity (Wildman–Crippen MR) is 115 cm³/mol. The Kier molecular flexibility index (Phi) is 3.70. The van der Waals surface area contributed by atoms with Crippen LogP contribution in [0.4, 0.5) is 0 Å². The van der Waals surface area contributed by atoms with Crippen molar-refractivity contribution in [3.63, 3.8) is 0 Å². The van der Waals surface area contributed by atoms with Gasteiger partial charge < -0.3 is 5.11 Å². The molecule has 1 aliphatic carbocycles. The number of phenols is 1. The first-order valence-electron chi connectivity index (χ1n) is 8.43. The van der Waals surface area contributed by atoms with Crippen molar-refractivity contribution in [3.8, 4) is 28.0 Å². The summed E-state index contributed by atoms with van der Waals surface area (Å²) in [6.45, 7) is 0. The van der Waals surface area contributed by atoms with Crippen LogP contribution in [0, 0.1) is 0 Å². The largest absolute Gasteiger partial charge is 0.508 e. The minimum absolute atomic E-state index is 0.299. The Bertz CT molecular complexity index is 1190. The normalized spacial score (nSPS) is 12.2. The Morgan fingerprint density at radius 3 is 2.38 bits per heavy atom. The standard InChI is InChI=1S/C23H14Br2O/c24-17-4-6-19-16(10-17)12-21-20(19)7-8-22(25)23(21)15-2-1-14-11-18(26)5-3-13(14)9-15/h1-11,26H,12H2. The van der Waals surface area contributed by atoms with Crippen LogP contribution in [-0.2, 0) is 6.42 Å². The van der Waals surface area contributed by atoms with Gasteiger partial charge in [-0.2, -0.15) is 0 Å². The van der Waals surface area contributed by atoms with Gasteiger partial charge in [0, 0.05) is 14.5 Å². The molecule has 1 N–H and O–H groups in total. The van der Waals surface area contributed by atoms with Crippen LogP contribution in [0.2, 0.25) is 0 Å². The molecular formula is C23H14Br2O. The van der Waals surface area contributed by atoms with Crippen molar-refractivity contribution in [2.45, 2.75) is 6.42 Å². The molecule has 0 aliphatic heterocycles. The van der Waals surface area contributed by atoms with Crippen molar-refractivity contribution in [2.24, 2.45) is 0 Å². The summed E-state index contributed by atoms with van der Waals surface area (Å²) < 4.78 is 2.23. The summed E-state index contributed by atoms with van der Waals surface area (Å²) in [7, 11) is 0. The topological polar surface area (TPSA) is 20.2 Å². The van der Waals surface area contributed by atoms with Crippen molar-refractivity contribution < 1.29 is 5.11 Å². The summed E-state index contributed by atoms with van der Waals surface area (Å²) in [5.74, 6) is 0.299. The van der Waals surface area contributed by atoms with Crippen molar-refractivity contribution >= 4 is 42.6 Å². The van der Waals surface area contributed by atoms with E-state index in [0.717, 1.165) is 26.1 Å². The van der Waals surface area contributed by atoms with Gasteiger partial charge in [-0.25, -0.2) is 0 Å². The van der Waals surface area contributed by atoms with E-state index < -0.39 is 0 Å². The summed E-state index contributed by atoms with van der Waals surface area (Å²) in [4.78, 5) is 0. The second kappa shape index (κ2) is 5.97. The molecule has 5 rings (SSSR count). The van der Waals surface area contributed by atoms with E-state index in [1.54, 1.807) is 12.1 Å². The first-order valence-corrected chi connectivity index (χ1v) is 10.0. The highest BCUT2D eigenvalue weighted by atomic mass is 79.9. The summed E-state index contributed by atoms with van der Waals surface area (Å²) >= 11 is 7.36. The number of phenolic OH excluding ortho intramolecular Hbond substituents is 1. The maximum absolute atomic E-state index is 9.70. The summed E-state index contributed by atoms with van der Waals surface area (Å²) in [6, 6.07) is 22.8. The fourth-order valence-electron chi connectivity index (χ4n) is 3.92. The lowest BCUT2D eigenvalue weighted by molar-refractivity contribution is 0.476. The predicted octanol–water partition coefficient (Wildman–Crippen LogP) is 7.31. The average Bonchev–Trinajstić information content (AvgIpc) is 2.98. The number of benzene rings is 4. The zero-order valence-corrected chi connectivity index (χ0v) is 16.9. The van der Waals surface area contributed by atoms with Crippen LogP contribution in [-0.4, -0.2) is 5.11 Å². The second-order valence-electron chi connectivity index (χ2n) is 6.67.